The Morgan fingerprint density at radius 2 is 1.89 bits per heavy atom. The molecule has 0 aliphatic carbocycles. The van der Waals surface area contributed by atoms with Gasteiger partial charge in [-0.2, -0.15) is 0 Å². The van der Waals surface area contributed by atoms with Crippen LogP contribution in [0.15, 0.2) is 49.6 Å². The van der Waals surface area contributed by atoms with E-state index in [1.807, 2.05) is 24.3 Å². The summed E-state index contributed by atoms with van der Waals surface area (Å²) in [6, 6.07) is 7.48. The first-order valence-electron chi connectivity index (χ1n) is 5.83. The van der Waals surface area contributed by atoms with Crippen LogP contribution in [0.25, 0.3) is 0 Å². The van der Waals surface area contributed by atoms with Crippen molar-refractivity contribution in [3.63, 3.8) is 0 Å². The highest BCUT2D eigenvalue weighted by Gasteiger charge is 2.31. The van der Waals surface area contributed by atoms with Gasteiger partial charge in [0.2, 0.25) is 0 Å². The predicted molar refractivity (Wildman–Crippen MR) is 72.7 cm³/mol. The predicted octanol–water partition coefficient (Wildman–Crippen LogP) is 2.66. The minimum absolute atomic E-state index is 0.112. The minimum Gasteiger partial charge on any atom is -0.497 e. The molecule has 1 aromatic rings. The Morgan fingerprint density at radius 3 is 2.33 bits per heavy atom. The fourth-order valence-electron chi connectivity index (χ4n) is 1.81. The van der Waals surface area contributed by atoms with Crippen molar-refractivity contribution in [2.75, 3.05) is 20.3 Å². The van der Waals surface area contributed by atoms with Gasteiger partial charge in [-0.15, -0.1) is 13.2 Å². The van der Waals surface area contributed by atoms with E-state index >= 15 is 0 Å². The minimum atomic E-state index is -0.762. The Hall–Kier alpha value is -1.58. The highest BCUT2D eigenvalue weighted by atomic mass is 16.5. The van der Waals surface area contributed by atoms with Crippen molar-refractivity contribution in [3.8, 4) is 5.75 Å². The molecule has 1 rings (SSSR count). The first kappa shape index (κ1) is 14.5. The number of aliphatic hydroxyl groups excluding tert-OH is 1. The lowest BCUT2D eigenvalue weighted by Gasteiger charge is -2.31. The van der Waals surface area contributed by atoms with E-state index < -0.39 is 5.60 Å². The number of hydrogen-bond donors (Lipinski definition) is 1. The number of methoxy groups -OCH3 is 1. The smallest absolute Gasteiger partial charge is 0.120 e. The standard InChI is InChI=1S/C15H20O3/c1-4-10-15(12-16,18-11-5-2)13-6-8-14(17-3)9-7-13/h4-9,16H,1-2,10-12H2,3H3. The second-order valence-corrected chi connectivity index (χ2v) is 3.97. The molecule has 0 saturated carbocycles. The molecule has 0 aliphatic rings. The topological polar surface area (TPSA) is 38.7 Å². The van der Waals surface area contributed by atoms with Crippen LogP contribution in [0.4, 0.5) is 0 Å². The maximum Gasteiger partial charge on any atom is 0.120 e. The van der Waals surface area contributed by atoms with Crippen LogP contribution in [0, 0.1) is 0 Å². The van der Waals surface area contributed by atoms with Crippen molar-refractivity contribution in [1.82, 2.24) is 0 Å². The molecule has 3 nitrogen and oxygen atoms in total. The molecule has 0 amide bonds. The van der Waals surface area contributed by atoms with Gasteiger partial charge in [-0.3, -0.25) is 0 Å². The van der Waals surface area contributed by atoms with Crippen LogP contribution in [0.3, 0.4) is 0 Å². The van der Waals surface area contributed by atoms with Crippen LogP contribution in [-0.4, -0.2) is 25.4 Å². The van der Waals surface area contributed by atoms with Crippen molar-refractivity contribution in [2.24, 2.45) is 0 Å². The van der Waals surface area contributed by atoms with Gasteiger partial charge in [-0.25, -0.2) is 0 Å². The van der Waals surface area contributed by atoms with Crippen LogP contribution in [-0.2, 0) is 10.3 Å². The zero-order valence-corrected chi connectivity index (χ0v) is 10.8. The number of benzene rings is 1. The summed E-state index contributed by atoms with van der Waals surface area (Å²) in [5, 5.41) is 9.68. The van der Waals surface area contributed by atoms with Crippen LogP contribution < -0.4 is 4.74 Å². The van der Waals surface area contributed by atoms with Gasteiger partial charge >= 0.3 is 0 Å². The van der Waals surface area contributed by atoms with E-state index in [0.29, 0.717) is 13.0 Å². The normalized spacial score (nSPS) is 13.7. The lowest BCUT2D eigenvalue weighted by atomic mass is 9.90. The molecule has 0 heterocycles. The molecule has 0 fully saturated rings. The second-order valence-electron chi connectivity index (χ2n) is 3.97. The first-order chi connectivity index (χ1) is 8.72. The summed E-state index contributed by atoms with van der Waals surface area (Å²) in [6.07, 6.45) is 3.93. The zero-order valence-electron chi connectivity index (χ0n) is 10.8. The monoisotopic (exact) mass is 248 g/mol. The van der Waals surface area contributed by atoms with E-state index in [2.05, 4.69) is 13.2 Å². The molecule has 1 aromatic carbocycles. The third kappa shape index (κ3) is 3.22. The summed E-state index contributed by atoms with van der Waals surface area (Å²) in [4.78, 5) is 0. The highest BCUT2D eigenvalue weighted by Crippen LogP contribution is 2.31. The number of hydrogen-bond acceptors (Lipinski definition) is 3. The lowest BCUT2D eigenvalue weighted by molar-refractivity contribution is -0.0717. The molecule has 0 aromatic heterocycles. The average molecular weight is 248 g/mol. The molecule has 3 heteroatoms. The van der Waals surface area contributed by atoms with Crippen LogP contribution in [0.1, 0.15) is 12.0 Å². The summed E-state index contributed by atoms with van der Waals surface area (Å²) < 4.78 is 10.9. The fraction of sp³-hybridized carbons (Fsp3) is 0.333. The maximum atomic E-state index is 9.68. The second kappa shape index (κ2) is 6.99. The third-order valence-corrected chi connectivity index (χ3v) is 2.82. The summed E-state index contributed by atoms with van der Waals surface area (Å²) in [7, 11) is 1.62. The fourth-order valence-corrected chi connectivity index (χ4v) is 1.81. The molecule has 1 unspecified atom stereocenters. The highest BCUT2D eigenvalue weighted by molar-refractivity contribution is 5.31. The van der Waals surface area contributed by atoms with Crippen LogP contribution in [0.5, 0.6) is 5.75 Å². The Kier molecular flexibility index (Phi) is 5.62. The summed E-state index contributed by atoms with van der Waals surface area (Å²) in [6.45, 7) is 7.61. The van der Waals surface area contributed by atoms with E-state index in [0.717, 1.165) is 11.3 Å². The van der Waals surface area contributed by atoms with Crippen molar-refractivity contribution < 1.29 is 14.6 Å². The molecule has 18 heavy (non-hydrogen) atoms. The molecule has 0 bridgehead atoms. The quantitative estimate of drug-likeness (QED) is 0.719. The van der Waals surface area contributed by atoms with Gasteiger partial charge in [0.1, 0.15) is 11.4 Å². The molecule has 0 spiro atoms. The van der Waals surface area contributed by atoms with Gasteiger partial charge < -0.3 is 14.6 Å². The summed E-state index contributed by atoms with van der Waals surface area (Å²) in [5.41, 5.74) is 0.134. The lowest BCUT2D eigenvalue weighted by Crippen LogP contribution is -2.33. The van der Waals surface area contributed by atoms with Crippen molar-refractivity contribution in [1.29, 1.82) is 0 Å². The first-order valence-corrected chi connectivity index (χ1v) is 5.83. The molecule has 1 N–H and O–H groups in total. The van der Waals surface area contributed by atoms with Gasteiger partial charge in [-0.1, -0.05) is 24.3 Å². The van der Waals surface area contributed by atoms with Gasteiger partial charge in [0, 0.05) is 6.42 Å². The van der Waals surface area contributed by atoms with E-state index in [1.165, 1.54) is 0 Å². The Morgan fingerprint density at radius 1 is 1.22 bits per heavy atom. The molecule has 0 aliphatic heterocycles. The van der Waals surface area contributed by atoms with E-state index in [1.54, 1.807) is 19.3 Å². The Labute approximate surface area is 108 Å². The molecular formula is C15H20O3. The maximum absolute atomic E-state index is 9.68. The van der Waals surface area contributed by atoms with Crippen LogP contribution in [0.2, 0.25) is 0 Å². The van der Waals surface area contributed by atoms with E-state index in [9.17, 15) is 5.11 Å². The Balaban J connectivity index is 3.05. The van der Waals surface area contributed by atoms with Gasteiger partial charge in [0.15, 0.2) is 0 Å². The number of ether oxygens (including phenoxy) is 2. The SMILES string of the molecule is C=CCOC(CO)(CC=C)c1ccc(OC)cc1. The largest absolute Gasteiger partial charge is 0.497 e. The van der Waals surface area contributed by atoms with E-state index in [-0.39, 0.29) is 6.61 Å². The molecule has 1 atom stereocenters. The van der Waals surface area contributed by atoms with Gasteiger partial charge in [-0.05, 0) is 17.7 Å². The van der Waals surface area contributed by atoms with Crippen LogP contribution >= 0.6 is 0 Å². The van der Waals surface area contributed by atoms with Gasteiger partial charge in [0.25, 0.3) is 0 Å². The zero-order chi connectivity index (χ0) is 13.4. The van der Waals surface area contributed by atoms with Crippen molar-refractivity contribution in [2.45, 2.75) is 12.0 Å². The molecule has 98 valence electrons. The van der Waals surface area contributed by atoms with Gasteiger partial charge in [0.05, 0.1) is 20.3 Å². The summed E-state index contributed by atoms with van der Waals surface area (Å²) in [5.74, 6) is 0.771. The Bertz CT molecular complexity index is 383. The number of rotatable bonds is 8. The third-order valence-electron chi connectivity index (χ3n) is 2.82. The number of aliphatic hydroxyl groups is 1. The molecule has 0 radical (unpaired) electrons. The molecular weight excluding hydrogens is 228 g/mol. The average Bonchev–Trinajstić information content (AvgIpc) is 2.44. The summed E-state index contributed by atoms with van der Waals surface area (Å²) >= 11 is 0. The van der Waals surface area contributed by atoms with Crippen molar-refractivity contribution >= 4 is 0 Å². The van der Waals surface area contributed by atoms with Crippen molar-refractivity contribution in [3.05, 3.63) is 55.1 Å². The molecule has 0 saturated heterocycles. The van der Waals surface area contributed by atoms with E-state index in [4.69, 9.17) is 9.47 Å².